The molecule has 0 aliphatic carbocycles. The molecule has 2 rings (SSSR count). The Hall–Kier alpha value is -1.38. The topological polar surface area (TPSA) is 26.3 Å². The van der Waals surface area contributed by atoms with Crippen LogP contribution in [-0.4, -0.2) is 12.9 Å². The molecule has 0 saturated carbocycles. The predicted octanol–water partition coefficient (Wildman–Crippen LogP) is 1.83. The van der Waals surface area contributed by atoms with E-state index in [0.29, 0.717) is 17.9 Å². The third kappa shape index (κ3) is 1.41. The average Bonchev–Trinajstić information content (AvgIpc) is 2.63. The number of halogens is 1. The second kappa shape index (κ2) is 3.17. The van der Waals surface area contributed by atoms with Gasteiger partial charge in [-0.3, -0.25) is 4.79 Å². The van der Waals surface area contributed by atoms with Gasteiger partial charge in [-0.2, -0.15) is 0 Å². The summed E-state index contributed by atoms with van der Waals surface area (Å²) in [6.07, 6.45) is -0.376. The molecule has 1 aromatic carbocycles. The van der Waals surface area contributed by atoms with E-state index in [4.69, 9.17) is 4.74 Å². The first-order valence-electron chi connectivity index (χ1n) is 4.16. The molecule has 1 heterocycles. The van der Waals surface area contributed by atoms with Crippen molar-refractivity contribution in [1.29, 1.82) is 0 Å². The number of hydrogen-bond donors (Lipinski definition) is 0. The number of rotatable bonds is 2. The van der Waals surface area contributed by atoms with Gasteiger partial charge >= 0.3 is 0 Å². The molecule has 68 valence electrons. The molecule has 0 saturated heterocycles. The van der Waals surface area contributed by atoms with E-state index in [-0.39, 0.29) is 6.29 Å². The molecular formula is C10H9FO2. The van der Waals surface area contributed by atoms with Crippen molar-refractivity contribution in [3.8, 4) is 5.75 Å². The molecule has 3 heteroatoms. The Balaban J connectivity index is 2.35. The van der Waals surface area contributed by atoms with Crippen LogP contribution >= 0.6 is 0 Å². The number of carbonyl (C=O) groups is 1. The van der Waals surface area contributed by atoms with Gasteiger partial charge in [-0.05, 0) is 17.2 Å². The molecule has 0 bridgehead atoms. The first kappa shape index (κ1) is 8.23. The molecule has 1 aliphatic heterocycles. The first-order chi connectivity index (χ1) is 6.31. The largest absolute Gasteiger partial charge is 0.493 e. The highest BCUT2D eigenvalue weighted by Crippen LogP contribution is 2.28. The summed E-state index contributed by atoms with van der Waals surface area (Å²) in [5.41, 5.74) is 1.46. The van der Waals surface area contributed by atoms with Gasteiger partial charge < -0.3 is 4.74 Å². The maximum Gasteiger partial charge on any atom is 0.180 e. The molecule has 0 amide bonds. The van der Waals surface area contributed by atoms with E-state index in [1.807, 2.05) is 6.07 Å². The standard InChI is InChI=1S/C10H9FO2/c11-9(6-12)8-2-1-7-3-4-13-10(7)5-8/h1-2,5-6,9H,3-4H2. The lowest BCUT2D eigenvalue weighted by molar-refractivity contribution is -0.112. The van der Waals surface area contributed by atoms with Crippen molar-refractivity contribution >= 4 is 6.29 Å². The van der Waals surface area contributed by atoms with Gasteiger partial charge in [-0.1, -0.05) is 12.1 Å². The lowest BCUT2D eigenvalue weighted by Crippen LogP contribution is -1.93. The molecule has 1 atom stereocenters. The highest BCUT2D eigenvalue weighted by Gasteiger charge is 2.15. The van der Waals surface area contributed by atoms with Crippen LogP contribution in [0, 0.1) is 0 Å². The summed E-state index contributed by atoms with van der Waals surface area (Å²) in [6, 6.07) is 5.04. The number of aldehydes is 1. The van der Waals surface area contributed by atoms with Gasteiger partial charge in [0.15, 0.2) is 12.5 Å². The number of fused-ring (bicyclic) bond motifs is 1. The zero-order valence-corrected chi connectivity index (χ0v) is 7.00. The Bertz CT molecular complexity index is 336. The zero-order valence-electron chi connectivity index (χ0n) is 7.00. The molecule has 1 unspecified atom stereocenters. The summed E-state index contributed by atoms with van der Waals surface area (Å²) < 4.78 is 18.2. The monoisotopic (exact) mass is 180 g/mol. The zero-order chi connectivity index (χ0) is 9.26. The fourth-order valence-corrected chi connectivity index (χ4v) is 1.43. The SMILES string of the molecule is O=CC(F)c1ccc2c(c1)OCC2. The van der Waals surface area contributed by atoms with Crippen LogP contribution in [0.2, 0.25) is 0 Å². The van der Waals surface area contributed by atoms with Gasteiger partial charge in [0.2, 0.25) is 0 Å². The van der Waals surface area contributed by atoms with Crippen LogP contribution in [0.1, 0.15) is 17.3 Å². The Morgan fingerprint density at radius 1 is 1.54 bits per heavy atom. The van der Waals surface area contributed by atoms with Crippen molar-refractivity contribution in [2.75, 3.05) is 6.61 Å². The number of benzene rings is 1. The van der Waals surface area contributed by atoms with Crippen LogP contribution in [-0.2, 0) is 11.2 Å². The van der Waals surface area contributed by atoms with Gasteiger partial charge in [-0.15, -0.1) is 0 Å². The van der Waals surface area contributed by atoms with Gasteiger partial charge in [0.25, 0.3) is 0 Å². The van der Waals surface area contributed by atoms with Gasteiger partial charge in [0, 0.05) is 6.42 Å². The Morgan fingerprint density at radius 2 is 2.38 bits per heavy atom. The smallest absolute Gasteiger partial charge is 0.180 e. The molecule has 0 N–H and O–H groups in total. The Morgan fingerprint density at radius 3 is 3.15 bits per heavy atom. The average molecular weight is 180 g/mol. The van der Waals surface area contributed by atoms with Gasteiger partial charge in [0.1, 0.15) is 5.75 Å². The fraction of sp³-hybridized carbons (Fsp3) is 0.300. The minimum absolute atomic E-state index is 0.288. The normalized spacial score (nSPS) is 16.1. The molecule has 0 radical (unpaired) electrons. The molecular weight excluding hydrogens is 171 g/mol. The second-order valence-corrected chi connectivity index (χ2v) is 3.00. The van der Waals surface area contributed by atoms with Crippen molar-refractivity contribution in [1.82, 2.24) is 0 Å². The lowest BCUT2D eigenvalue weighted by Gasteiger charge is -2.03. The fourth-order valence-electron chi connectivity index (χ4n) is 1.43. The first-order valence-corrected chi connectivity index (χ1v) is 4.16. The summed E-state index contributed by atoms with van der Waals surface area (Å²) in [5.74, 6) is 0.710. The van der Waals surface area contributed by atoms with E-state index in [1.54, 1.807) is 12.1 Å². The van der Waals surface area contributed by atoms with E-state index >= 15 is 0 Å². The number of hydrogen-bond acceptors (Lipinski definition) is 2. The van der Waals surface area contributed by atoms with Gasteiger partial charge in [0.05, 0.1) is 6.61 Å². The third-order valence-electron chi connectivity index (χ3n) is 2.16. The quantitative estimate of drug-likeness (QED) is 0.649. The summed E-state index contributed by atoms with van der Waals surface area (Å²) in [7, 11) is 0. The van der Waals surface area contributed by atoms with E-state index in [1.165, 1.54) is 0 Å². The van der Waals surface area contributed by atoms with Crippen LogP contribution in [0.15, 0.2) is 18.2 Å². The van der Waals surface area contributed by atoms with Crippen molar-refractivity contribution in [2.45, 2.75) is 12.6 Å². The van der Waals surface area contributed by atoms with Crippen molar-refractivity contribution in [2.24, 2.45) is 0 Å². The molecule has 1 aliphatic rings. The van der Waals surface area contributed by atoms with E-state index in [0.717, 1.165) is 12.0 Å². The van der Waals surface area contributed by atoms with Crippen LogP contribution in [0.5, 0.6) is 5.75 Å². The van der Waals surface area contributed by atoms with E-state index < -0.39 is 6.17 Å². The van der Waals surface area contributed by atoms with Crippen molar-refractivity contribution in [3.63, 3.8) is 0 Å². The van der Waals surface area contributed by atoms with E-state index in [2.05, 4.69) is 0 Å². The Labute approximate surface area is 75.3 Å². The van der Waals surface area contributed by atoms with Crippen LogP contribution in [0.3, 0.4) is 0 Å². The van der Waals surface area contributed by atoms with Crippen molar-refractivity contribution < 1.29 is 13.9 Å². The second-order valence-electron chi connectivity index (χ2n) is 3.00. The molecule has 0 spiro atoms. The Kier molecular flexibility index (Phi) is 2.00. The highest BCUT2D eigenvalue weighted by atomic mass is 19.1. The van der Waals surface area contributed by atoms with Crippen molar-refractivity contribution in [3.05, 3.63) is 29.3 Å². The highest BCUT2D eigenvalue weighted by molar-refractivity contribution is 5.60. The molecule has 0 aromatic heterocycles. The molecule has 0 fully saturated rings. The summed E-state index contributed by atoms with van der Waals surface area (Å²) in [6.45, 7) is 0.650. The molecule has 1 aromatic rings. The molecule has 2 nitrogen and oxygen atoms in total. The number of alkyl halides is 1. The summed E-state index contributed by atoms with van der Waals surface area (Å²) >= 11 is 0. The van der Waals surface area contributed by atoms with Crippen LogP contribution < -0.4 is 4.74 Å². The maximum absolute atomic E-state index is 12.9. The summed E-state index contributed by atoms with van der Waals surface area (Å²) in [4.78, 5) is 10.2. The minimum atomic E-state index is -1.53. The number of carbonyl (C=O) groups excluding carboxylic acids is 1. The predicted molar refractivity (Wildman–Crippen MR) is 45.6 cm³/mol. The maximum atomic E-state index is 12.9. The lowest BCUT2D eigenvalue weighted by atomic mass is 10.1. The van der Waals surface area contributed by atoms with Crippen LogP contribution in [0.4, 0.5) is 4.39 Å². The third-order valence-corrected chi connectivity index (χ3v) is 2.16. The van der Waals surface area contributed by atoms with Crippen LogP contribution in [0.25, 0.3) is 0 Å². The van der Waals surface area contributed by atoms with Gasteiger partial charge in [-0.25, -0.2) is 4.39 Å². The summed E-state index contributed by atoms with van der Waals surface area (Å²) in [5, 5.41) is 0. The number of ether oxygens (including phenoxy) is 1. The minimum Gasteiger partial charge on any atom is -0.493 e. The molecule has 13 heavy (non-hydrogen) atoms. The van der Waals surface area contributed by atoms with E-state index in [9.17, 15) is 9.18 Å².